The largest absolute Gasteiger partial charge is 0.402 e. The normalized spacial score (nSPS) is 15.6. The van der Waals surface area contributed by atoms with Crippen molar-refractivity contribution in [2.75, 3.05) is 17.6 Å². The van der Waals surface area contributed by atoms with Gasteiger partial charge in [-0.25, -0.2) is 4.98 Å². The summed E-state index contributed by atoms with van der Waals surface area (Å²) in [5.41, 5.74) is 11.0. The van der Waals surface area contributed by atoms with Gasteiger partial charge in [-0.2, -0.15) is 0 Å². The molecule has 0 saturated heterocycles. The molecular weight excluding hydrogens is 366 g/mol. The lowest BCUT2D eigenvalue weighted by molar-refractivity contribution is 0.188. The number of aromatic nitrogens is 3. The first-order valence-electron chi connectivity index (χ1n) is 10.2. The van der Waals surface area contributed by atoms with Crippen molar-refractivity contribution < 1.29 is 9.52 Å². The number of nitrogen functional groups attached to an aromatic ring is 1. The molecular formula is C22H29N5O2. The molecule has 1 aliphatic rings. The van der Waals surface area contributed by atoms with Crippen molar-refractivity contribution in [3.8, 4) is 11.6 Å². The predicted molar refractivity (Wildman–Crippen MR) is 115 cm³/mol. The second-order valence-corrected chi connectivity index (χ2v) is 9.06. The highest BCUT2D eigenvalue weighted by Crippen LogP contribution is 2.44. The monoisotopic (exact) mass is 395 g/mol. The summed E-state index contributed by atoms with van der Waals surface area (Å²) in [6.45, 7) is 8.87. The summed E-state index contributed by atoms with van der Waals surface area (Å²) in [5, 5.41) is 21.5. The predicted octanol–water partition coefficient (Wildman–Crippen LogP) is 4.22. The molecule has 0 bridgehead atoms. The number of rotatable bonds is 6. The third-order valence-electron chi connectivity index (χ3n) is 5.31. The van der Waals surface area contributed by atoms with Crippen LogP contribution in [0.5, 0.6) is 0 Å². The van der Waals surface area contributed by atoms with E-state index in [1.807, 2.05) is 0 Å². The highest BCUT2D eigenvalue weighted by Gasteiger charge is 2.28. The minimum Gasteiger partial charge on any atom is -0.402 e. The van der Waals surface area contributed by atoms with Crippen molar-refractivity contribution >= 4 is 22.6 Å². The van der Waals surface area contributed by atoms with Gasteiger partial charge in [-0.15, -0.1) is 5.10 Å². The fraction of sp³-hybridized carbons (Fsp3) is 0.500. The minimum atomic E-state index is -0.386. The minimum absolute atomic E-state index is 0.0657. The first-order chi connectivity index (χ1) is 13.7. The van der Waals surface area contributed by atoms with Gasteiger partial charge in [0, 0.05) is 17.6 Å². The van der Waals surface area contributed by atoms with Crippen LogP contribution < -0.4 is 11.1 Å². The van der Waals surface area contributed by atoms with Gasteiger partial charge in [0.25, 0.3) is 5.89 Å². The van der Waals surface area contributed by atoms with Crippen LogP contribution in [0.3, 0.4) is 0 Å². The van der Waals surface area contributed by atoms with Crippen LogP contribution in [0.25, 0.3) is 22.5 Å². The third-order valence-corrected chi connectivity index (χ3v) is 5.31. The van der Waals surface area contributed by atoms with Crippen molar-refractivity contribution in [2.45, 2.75) is 64.4 Å². The van der Waals surface area contributed by atoms with Crippen LogP contribution in [0.15, 0.2) is 22.6 Å². The zero-order valence-corrected chi connectivity index (χ0v) is 17.5. The lowest BCUT2D eigenvalue weighted by Gasteiger charge is -2.23. The van der Waals surface area contributed by atoms with Gasteiger partial charge >= 0.3 is 6.01 Å². The van der Waals surface area contributed by atoms with Crippen LogP contribution in [-0.4, -0.2) is 32.9 Å². The van der Waals surface area contributed by atoms with Crippen molar-refractivity contribution in [1.82, 2.24) is 15.2 Å². The van der Waals surface area contributed by atoms with Gasteiger partial charge in [0.15, 0.2) is 0 Å². The standard InChI is InChI=1S/C22H29N5O2/c1-12(28)7-8-24-21-27-26-20(29-21)18-11-17(23)15-9-14(13-5-6-13)10-16(19(15)25-18)22(2,3)4/h9-13,28H,5-8H2,1-4H3,(H2,23,25)(H,24,27). The van der Waals surface area contributed by atoms with E-state index in [2.05, 4.69) is 48.4 Å². The lowest BCUT2D eigenvalue weighted by atomic mass is 9.83. The van der Waals surface area contributed by atoms with Crippen molar-refractivity contribution in [3.63, 3.8) is 0 Å². The van der Waals surface area contributed by atoms with E-state index in [0.29, 0.717) is 42.2 Å². The van der Waals surface area contributed by atoms with E-state index in [-0.39, 0.29) is 11.5 Å². The van der Waals surface area contributed by atoms with Crippen molar-refractivity contribution in [2.24, 2.45) is 0 Å². The molecule has 2 aromatic heterocycles. The molecule has 0 amide bonds. The lowest BCUT2D eigenvalue weighted by Crippen LogP contribution is -2.13. The molecule has 0 radical (unpaired) electrons. The molecule has 2 heterocycles. The van der Waals surface area contributed by atoms with Gasteiger partial charge in [-0.1, -0.05) is 31.9 Å². The molecule has 154 valence electrons. The fourth-order valence-electron chi connectivity index (χ4n) is 3.49. The molecule has 7 heteroatoms. The van der Waals surface area contributed by atoms with Gasteiger partial charge in [-0.05, 0) is 60.8 Å². The molecule has 1 aliphatic carbocycles. The zero-order valence-electron chi connectivity index (χ0n) is 17.5. The summed E-state index contributed by atoms with van der Waals surface area (Å²) in [7, 11) is 0. The van der Waals surface area contributed by atoms with E-state index >= 15 is 0 Å². The molecule has 0 aliphatic heterocycles. The number of benzene rings is 1. The molecule has 1 atom stereocenters. The van der Waals surface area contributed by atoms with Crippen LogP contribution in [0.4, 0.5) is 11.7 Å². The molecule has 1 unspecified atom stereocenters. The number of nitrogens with zero attached hydrogens (tertiary/aromatic N) is 3. The average Bonchev–Trinajstić information content (AvgIpc) is 3.38. The molecule has 3 aromatic rings. The summed E-state index contributed by atoms with van der Waals surface area (Å²) in [6, 6.07) is 6.58. The fourth-order valence-corrected chi connectivity index (χ4v) is 3.49. The van der Waals surface area contributed by atoms with Crippen LogP contribution in [0.1, 0.15) is 64.0 Å². The summed E-state index contributed by atoms with van der Waals surface area (Å²) >= 11 is 0. The summed E-state index contributed by atoms with van der Waals surface area (Å²) < 4.78 is 5.72. The molecule has 4 N–H and O–H groups in total. The summed E-state index contributed by atoms with van der Waals surface area (Å²) in [5.74, 6) is 0.968. The maximum atomic E-state index is 9.36. The molecule has 1 saturated carbocycles. The van der Waals surface area contributed by atoms with E-state index in [1.165, 1.54) is 24.0 Å². The number of nitrogens with one attached hydrogen (secondary N) is 1. The van der Waals surface area contributed by atoms with Crippen LogP contribution >= 0.6 is 0 Å². The van der Waals surface area contributed by atoms with Gasteiger partial charge < -0.3 is 20.6 Å². The van der Waals surface area contributed by atoms with Gasteiger partial charge in [0.05, 0.1) is 11.6 Å². The Morgan fingerprint density at radius 3 is 2.66 bits per heavy atom. The van der Waals surface area contributed by atoms with Crippen molar-refractivity contribution in [1.29, 1.82) is 0 Å². The third kappa shape index (κ3) is 4.19. The number of anilines is 2. The number of fused-ring (bicyclic) bond motifs is 1. The average molecular weight is 396 g/mol. The maximum absolute atomic E-state index is 9.36. The SMILES string of the molecule is CC(O)CCNc1nnc(-c2cc(N)c3cc(C4CC4)cc(C(C)(C)C)c3n2)o1. The number of aliphatic hydroxyl groups is 1. The molecule has 7 nitrogen and oxygen atoms in total. The quantitative estimate of drug-likeness (QED) is 0.573. The summed E-state index contributed by atoms with van der Waals surface area (Å²) in [4.78, 5) is 4.87. The Kier molecular flexibility index (Phi) is 4.94. The number of hydrogen-bond acceptors (Lipinski definition) is 7. The van der Waals surface area contributed by atoms with Crippen LogP contribution in [0.2, 0.25) is 0 Å². The Morgan fingerprint density at radius 2 is 2.00 bits per heavy atom. The van der Waals surface area contributed by atoms with Gasteiger partial charge in [-0.3, -0.25) is 0 Å². The highest BCUT2D eigenvalue weighted by molar-refractivity contribution is 5.95. The Labute approximate surface area is 170 Å². The van der Waals surface area contributed by atoms with Gasteiger partial charge in [0.1, 0.15) is 5.69 Å². The molecule has 1 fully saturated rings. The Morgan fingerprint density at radius 1 is 1.24 bits per heavy atom. The Bertz CT molecular complexity index is 1030. The summed E-state index contributed by atoms with van der Waals surface area (Å²) in [6.07, 6.45) is 2.70. The van der Waals surface area contributed by atoms with Crippen LogP contribution in [-0.2, 0) is 5.41 Å². The topological polar surface area (TPSA) is 110 Å². The van der Waals surface area contributed by atoms with E-state index in [9.17, 15) is 5.11 Å². The van der Waals surface area contributed by atoms with Gasteiger partial charge in [0.2, 0.25) is 0 Å². The first kappa shape index (κ1) is 19.6. The molecule has 29 heavy (non-hydrogen) atoms. The molecule has 1 aromatic carbocycles. The van der Waals surface area contributed by atoms with E-state index in [4.69, 9.17) is 15.1 Å². The molecule has 4 rings (SSSR count). The smallest absolute Gasteiger partial charge is 0.315 e. The zero-order chi connectivity index (χ0) is 20.8. The second kappa shape index (κ2) is 7.30. The number of nitrogens with two attached hydrogens (primary N) is 1. The van der Waals surface area contributed by atoms with E-state index in [0.717, 1.165) is 10.9 Å². The Hall–Kier alpha value is -2.67. The van der Waals surface area contributed by atoms with Crippen molar-refractivity contribution in [3.05, 3.63) is 29.3 Å². The Balaban J connectivity index is 1.73. The number of hydrogen-bond donors (Lipinski definition) is 3. The van der Waals surface area contributed by atoms with E-state index in [1.54, 1.807) is 13.0 Å². The van der Waals surface area contributed by atoms with E-state index < -0.39 is 0 Å². The number of pyridine rings is 1. The first-order valence-corrected chi connectivity index (χ1v) is 10.2. The van der Waals surface area contributed by atoms with Crippen LogP contribution in [0, 0.1) is 0 Å². The number of aliphatic hydroxyl groups excluding tert-OH is 1. The maximum Gasteiger partial charge on any atom is 0.315 e. The molecule has 0 spiro atoms. The highest BCUT2D eigenvalue weighted by atomic mass is 16.4. The second-order valence-electron chi connectivity index (χ2n) is 9.06.